The quantitative estimate of drug-likeness (QED) is 0.849. The number of anilines is 1. The number of rotatable bonds is 3. The summed E-state index contributed by atoms with van der Waals surface area (Å²) in [6, 6.07) is 0.950. The smallest absolute Gasteiger partial charge is 0.368 e. The van der Waals surface area contributed by atoms with Gasteiger partial charge in [-0.05, 0) is 18.9 Å². The van der Waals surface area contributed by atoms with Crippen LogP contribution in [0.25, 0.3) is 0 Å². The van der Waals surface area contributed by atoms with Crippen molar-refractivity contribution < 1.29 is 13.2 Å². The first-order valence-electron chi connectivity index (χ1n) is 4.64. The summed E-state index contributed by atoms with van der Waals surface area (Å²) in [6.07, 6.45) is -2.29. The first-order valence-corrected chi connectivity index (χ1v) is 4.64. The zero-order valence-corrected chi connectivity index (χ0v) is 8.30. The number of aryl methyl sites for hydroxylation is 1. The van der Waals surface area contributed by atoms with E-state index in [2.05, 4.69) is 9.97 Å². The van der Waals surface area contributed by atoms with Crippen molar-refractivity contribution in [2.24, 2.45) is 0 Å². The normalized spacial score (nSPS) is 11.7. The number of halogens is 3. The number of hydrogen-bond acceptors (Lipinski definition) is 3. The van der Waals surface area contributed by atoms with E-state index >= 15 is 0 Å². The topological polar surface area (TPSA) is 51.8 Å². The number of aromatic nitrogens is 2. The van der Waals surface area contributed by atoms with E-state index < -0.39 is 11.9 Å². The zero-order chi connectivity index (χ0) is 11.5. The van der Waals surface area contributed by atoms with Crippen LogP contribution in [0.4, 0.5) is 19.1 Å². The highest BCUT2D eigenvalue weighted by atomic mass is 19.4. The molecule has 0 aliphatic rings. The van der Waals surface area contributed by atoms with Crippen molar-refractivity contribution in [1.82, 2.24) is 9.97 Å². The van der Waals surface area contributed by atoms with Gasteiger partial charge in [-0.3, -0.25) is 0 Å². The van der Waals surface area contributed by atoms with Crippen LogP contribution in [0.1, 0.15) is 31.2 Å². The minimum absolute atomic E-state index is 0.323. The summed E-state index contributed by atoms with van der Waals surface area (Å²) < 4.78 is 37.0. The fraction of sp³-hybridized carbons (Fsp3) is 0.556. The molecule has 0 radical (unpaired) electrons. The Morgan fingerprint density at radius 3 is 2.53 bits per heavy atom. The molecule has 0 atom stereocenters. The van der Waals surface area contributed by atoms with Gasteiger partial charge < -0.3 is 5.73 Å². The van der Waals surface area contributed by atoms with Crippen LogP contribution >= 0.6 is 0 Å². The Bertz CT molecular complexity index is 336. The van der Waals surface area contributed by atoms with Crippen LogP contribution < -0.4 is 5.73 Å². The van der Waals surface area contributed by atoms with Crippen molar-refractivity contribution in [1.29, 1.82) is 0 Å². The number of nitrogens with two attached hydrogens (primary N) is 1. The van der Waals surface area contributed by atoms with Crippen LogP contribution in [0.5, 0.6) is 0 Å². The van der Waals surface area contributed by atoms with E-state index in [4.69, 9.17) is 5.73 Å². The van der Waals surface area contributed by atoms with Gasteiger partial charge in [0.1, 0.15) is 5.69 Å². The molecule has 0 spiro atoms. The molecule has 84 valence electrons. The first kappa shape index (κ1) is 11.7. The van der Waals surface area contributed by atoms with Crippen molar-refractivity contribution in [2.45, 2.75) is 32.4 Å². The monoisotopic (exact) mass is 219 g/mol. The molecule has 0 bridgehead atoms. The van der Waals surface area contributed by atoms with Crippen molar-refractivity contribution >= 4 is 5.95 Å². The predicted molar refractivity (Wildman–Crippen MR) is 50.1 cm³/mol. The summed E-state index contributed by atoms with van der Waals surface area (Å²) in [6.45, 7) is 1.95. The third-order valence-electron chi connectivity index (χ3n) is 1.87. The van der Waals surface area contributed by atoms with Crippen LogP contribution in [0.2, 0.25) is 0 Å². The lowest BCUT2D eigenvalue weighted by Crippen LogP contribution is -2.12. The molecule has 15 heavy (non-hydrogen) atoms. The Morgan fingerprint density at radius 2 is 2.00 bits per heavy atom. The fourth-order valence-corrected chi connectivity index (χ4v) is 1.15. The molecule has 0 unspecified atom stereocenters. The lowest BCUT2D eigenvalue weighted by atomic mass is 10.2. The second-order valence-electron chi connectivity index (χ2n) is 3.20. The molecule has 1 aromatic rings. The summed E-state index contributed by atoms with van der Waals surface area (Å²) in [5, 5.41) is 0. The van der Waals surface area contributed by atoms with E-state index in [-0.39, 0.29) is 5.95 Å². The SMILES string of the molecule is CCCCc1cc(C(F)(F)F)nc(N)n1. The van der Waals surface area contributed by atoms with Gasteiger partial charge in [0, 0.05) is 5.69 Å². The van der Waals surface area contributed by atoms with Gasteiger partial charge in [-0.1, -0.05) is 13.3 Å². The molecular weight excluding hydrogens is 207 g/mol. The number of nitrogen functional groups attached to an aromatic ring is 1. The lowest BCUT2D eigenvalue weighted by Gasteiger charge is -2.08. The van der Waals surface area contributed by atoms with Crippen LogP contribution in [-0.2, 0) is 12.6 Å². The fourth-order valence-electron chi connectivity index (χ4n) is 1.15. The van der Waals surface area contributed by atoms with Gasteiger partial charge in [-0.2, -0.15) is 13.2 Å². The summed E-state index contributed by atoms with van der Waals surface area (Å²) in [4.78, 5) is 6.91. The summed E-state index contributed by atoms with van der Waals surface area (Å²) in [7, 11) is 0. The minimum atomic E-state index is -4.46. The molecule has 0 saturated carbocycles. The lowest BCUT2D eigenvalue weighted by molar-refractivity contribution is -0.141. The Kier molecular flexibility index (Phi) is 3.49. The summed E-state index contributed by atoms with van der Waals surface area (Å²) in [5.74, 6) is -0.323. The largest absolute Gasteiger partial charge is 0.433 e. The maximum absolute atomic E-state index is 12.3. The van der Waals surface area contributed by atoms with Crippen LogP contribution in [0.3, 0.4) is 0 Å². The standard InChI is InChI=1S/C9H12F3N3/c1-2-3-4-6-5-7(9(10,11)12)15-8(13)14-6/h5H,2-4H2,1H3,(H2,13,14,15). The summed E-state index contributed by atoms with van der Waals surface area (Å²) in [5.41, 5.74) is 4.58. The third kappa shape index (κ3) is 3.38. The molecule has 0 aliphatic heterocycles. The van der Waals surface area contributed by atoms with Gasteiger partial charge in [0.2, 0.25) is 5.95 Å². The molecule has 1 heterocycles. The highest BCUT2D eigenvalue weighted by molar-refractivity contribution is 5.24. The Hall–Kier alpha value is -1.33. The molecule has 1 rings (SSSR count). The maximum atomic E-state index is 12.3. The molecular formula is C9H12F3N3. The van der Waals surface area contributed by atoms with E-state index in [0.717, 1.165) is 18.9 Å². The van der Waals surface area contributed by atoms with E-state index in [1.165, 1.54) is 0 Å². The van der Waals surface area contributed by atoms with Gasteiger partial charge in [-0.15, -0.1) is 0 Å². The van der Waals surface area contributed by atoms with E-state index in [1.807, 2.05) is 6.92 Å². The molecule has 1 aromatic heterocycles. The van der Waals surface area contributed by atoms with Crippen LogP contribution in [-0.4, -0.2) is 9.97 Å². The molecule has 3 nitrogen and oxygen atoms in total. The minimum Gasteiger partial charge on any atom is -0.368 e. The van der Waals surface area contributed by atoms with Gasteiger partial charge in [0.15, 0.2) is 0 Å². The van der Waals surface area contributed by atoms with Crippen LogP contribution in [0.15, 0.2) is 6.07 Å². The van der Waals surface area contributed by atoms with E-state index in [9.17, 15) is 13.2 Å². The predicted octanol–water partition coefficient (Wildman–Crippen LogP) is 2.42. The third-order valence-corrected chi connectivity index (χ3v) is 1.87. The molecule has 0 aromatic carbocycles. The average Bonchev–Trinajstić information content (AvgIpc) is 2.12. The average molecular weight is 219 g/mol. The molecule has 6 heteroatoms. The van der Waals surface area contributed by atoms with E-state index in [1.54, 1.807) is 0 Å². The molecule has 0 saturated heterocycles. The summed E-state index contributed by atoms with van der Waals surface area (Å²) >= 11 is 0. The molecule has 0 fully saturated rings. The van der Waals surface area contributed by atoms with Crippen molar-refractivity contribution in [3.8, 4) is 0 Å². The number of hydrogen-bond donors (Lipinski definition) is 1. The van der Waals surface area contributed by atoms with Gasteiger partial charge in [0.25, 0.3) is 0 Å². The van der Waals surface area contributed by atoms with Crippen molar-refractivity contribution in [2.75, 3.05) is 5.73 Å². The Labute approximate surface area is 85.5 Å². The maximum Gasteiger partial charge on any atom is 0.433 e. The Morgan fingerprint density at radius 1 is 1.33 bits per heavy atom. The first-order chi connectivity index (χ1) is 6.93. The van der Waals surface area contributed by atoms with Gasteiger partial charge >= 0.3 is 6.18 Å². The second kappa shape index (κ2) is 4.46. The number of unbranched alkanes of at least 4 members (excludes halogenated alkanes) is 1. The zero-order valence-electron chi connectivity index (χ0n) is 8.30. The molecule has 0 amide bonds. The van der Waals surface area contributed by atoms with Gasteiger partial charge in [-0.25, -0.2) is 9.97 Å². The van der Waals surface area contributed by atoms with Gasteiger partial charge in [0.05, 0.1) is 0 Å². The second-order valence-corrected chi connectivity index (χ2v) is 3.20. The molecule has 0 aliphatic carbocycles. The number of alkyl halides is 3. The highest BCUT2D eigenvalue weighted by Crippen LogP contribution is 2.28. The van der Waals surface area contributed by atoms with Crippen LogP contribution in [0, 0.1) is 0 Å². The number of nitrogens with zero attached hydrogens (tertiary/aromatic N) is 2. The van der Waals surface area contributed by atoms with E-state index in [0.29, 0.717) is 12.1 Å². The Balaban J connectivity index is 2.95. The van der Waals surface area contributed by atoms with Crippen molar-refractivity contribution in [3.05, 3.63) is 17.5 Å². The molecule has 2 N–H and O–H groups in total. The highest BCUT2D eigenvalue weighted by Gasteiger charge is 2.33. The van der Waals surface area contributed by atoms with Crippen molar-refractivity contribution in [3.63, 3.8) is 0 Å².